The van der Waals surface area contributed by atoms with Crippen molar-refractivity contribution >= 4 is 33.4 Å². The van der Waals surface area contributed by atoms with E-state index in [1.165, 1.54) is 4.90 Å². The molecule has 1 unspecified atom stereocenters. The Morgan fingerprint density at radius 2 is 1.93 bits per heavy atom. The molecule has 0 bridgehead atoms. The molecule has 1 amide bonds. The molecule has 0 spiro atoms. The second kappa shape index (κ2) is 8.82. The third-order valence-electron chi connectivity index (χ3n) is 4.92. The van der Waals surface area contributed by atoms with Crippen LogP contribution in [0.1, 0.15) is 43.0 Å². The lowest BCUT2D eigenvalue weighted by molar-refractivity contribution is -0.139. The Morgan fingerprint density at radius 1 is 1.17 bits per heavy atom. The van der Waals surface area contributed by atoms with Crippen LogP contribution in [0, 0.1) is 6.92 Å². The predicted molar refractivity (Wildman–Crippen MR) is 116 cm³/mol. The number of carbonyl (C=O) groups excluding carboxylic acids is 2. The van der Waals surface area contributed by atoms with E-state index in [4.69, 9.17) is 4.74 Å². The summed E-state index contributed by atoms with van der Waals surface area (Å²) in [6, 6.07) is 12.0. The zero-order chi connectivity index (χ0) is 21.1. The fourth-order valence-electron chi connectivity index (χ4n) is 3.59. The summed E-state index contributed by atoms with van der Waals surface area (Å²) in [4.78, 5) is 27.2. The highest BCUT2D eigenvalue weighted by Crippen LogP contribution is 2.40. The number of Topliss-reactive ketones (excluding diaryl/α,β-unsaturated/α-hetero) is 1. The molecule has 0 radical (unpaired) electrons. The number of amides is 1. The van der Waals surface area contributed by atoms with Gasteiger partial charge in [-0.2, -0.15) is 0 Å². The lowest BCUT2D eigenvalue weighted by atomic mass is 9.94. The zero-order valence-electron chi connectivity index (χ0n) is 16.7. The minimum Gasteiger partial charge on any atom is -0.507 e. The van der Waals surface area contributed by atoms with E-state index < -0.39 is 17.7 Å². The molecule has 2 aromatic rings. The van der Waals surface area contributed by atoms with Crippen LogP contribution in [0.15, 0.2) is 52.5 Å². The minimum absolute atomic E-state index is 0.110. The number of ketones is 1. The van der Waals surface area contributed by atoms with Crippen molar-refractivity contribution in [2.45, 2.75) is 33.2 Å². The molecule has 1 aliphatic heterocycles. The van der Waals surface area contributed by atoms with Crippen LogP contribution in [0.3, 0.4) is 0 Å². The lowest BCUT2D eigenvalue weighted by Gasteiger charge is -2.25. The van der Waals surface area contributed by atoms with Crippen LogP contribution < -0.4 is 4.74 Å². The van der Waals surface area contributed by atoms with E-state index in [9.17, 15) is 14.7 Å². The first kappa shape index (κ1) is 21.1. The average molecular weight is 458 g/mol. The number of aryl methyl sites for hydroxylation is 1. The monoisotopic (exact) mass is 457 g/mol. The van der Waals surface area contributed by atoms with Gasteiger partial charge in [-0.1, -0.05) is 41.1 Å². The summed E-state index contributed by atoms with van der Waals surface area (Å²) in [5, 5.41) is 11.0. The number of benzene rings is 2. The van der Waals surface area contributed by atoms with Crippen LogP contribution in [0.2, 0.25) is 0 Å². The van der Waals surface area contributed by atoms with E-state index in [0.29, 0.717) is 30.9 Å². The Kier molecular flexibility index (Phi) is 6.42. The summed E-state index contributed by atoms with van der Waals surface area (Å²) in [6.07, 6.45) is 0.701. The number of aliphatic hydroxyl groups excluding tert-OH is 1. The van der Waals surface area contributed by atoms with E-state index in [2.05, 4.69) is 15.9 Å². The molecule has 1 atom stereocenters. The van der Waals surface area contributed by atoms with Crippen molar-refractivity contribution in [3.05, 3.63) is 69.2 Å². The van der Waals surface area contributed by atoms with Crippen LogP contribution in [0.4, 0.5) is 0 Å². The van der Waals surface area contributed by atoms with Gasteiger partial charge in [0, 0.05) is 16.6 Å². The number of hydrogen-bond donors (Lipinski definition) is 1. The van der Waals surface area contributed by atoms with Gasteiger partial charge in [0.05, 0.1) is 18.2 Å². The quantitative estimate of drug-likeness (QED) is 0.377. The number of carbonyl (C=O) groups is 2. The van der Waals surface area contributed by atoms with Gasteiger partial charge in [-0.3, -0.25) is 9.59 Å². The molecular formula is C23H24BrNO4. The van der Waals surface area contributed by atoms with E-state index in [0.717, 1.165) is 15.6 Å². The minimum atomic E-state index is -0.664. The molecule has 0 aromatic heterocycles. The van der Waals surface area contributed by atoms with Crippen LogP contribution in [-0.4, -0.2) is 34.8 Å². The highest BCUT2D eigenvalue weighted by molar-refractivity contribution is 9.10. The maximum absolute atomic E-state index is 12.9. The molecule has 1 aliphatic rings. The molecule has 6 heteroatoms. The Balaban J connectivity index is 2.18. The number of likely N-dealkylation sites (tertiary alicyclic amines) is 1. The molecule has 2 aromatic carbocycles. The number of rotatable bonds is 6. The normalized spacial score (nSPS) is 18.3. The highest BCUT2D eigenvalue weighted by Gasteiger charge is 2.45. The van der Waals surface area contributed by atoms with Gasteiger partial charge in [0.2, 0.25) is 0 Å². The molecule has 152 valence electrons. The van der Waals surface area contributed by atoms with Gasteiger partial charge in [0.25, 0.3) is 11.7 Å². The molecule has 3 rings (SSSR count). The Hall–Kier alpha value is -2.60. The van der Waals surface area contributed by atoms with Crippen LogP contribution >= 0.6 is 15.9 Å². The summed E-state index contributed by atoms with van der Waals surface area (Å²) < 4.78 is 6.50. The summed E-state index contributed by atoms with van der Waals surface area (Å²) in [5.74, 6) is -0.756. The summed E-state index contributed by atoms with van der Waals surface area (Å²) in [6.45, 7) is 6.68. The molecule has 0 aliphatic carbocycles. The Morgan fingerprint density at radius 3 is 2.59 bits per heavy atom. The van der Waals surface area contributed by atoms with Crippen molar-refractivity contribution in [2.24, 2.45) is 0 Å². The number of ether oxygens (including phenoxy) is 1. The largest absolute Gasteiger partial charge is 0.507 e. The number of aliphatic hydroxyl groups is 1. The second-order valence-electron chi connectivity index (χ2n) is 6.96. The third-order valence-corrected chi connectivity index (χ3v) is 5.81. The van der Waals surface area contributed by atoms with Crippen molar-refractivity contribution in [1.29, 1.82) is 0 Å². The molecule has 1 heterocycles. The first-order valence-electron chi connectivity index (χ1n) is 9.66. The number of hydrogen-bond acceptors (Lipinski definition) is 4. The molecule has 0 saturated carbocycles. The molecule has 1 fully saturated rings. The molecule has 1 saturated heterocycles. The zero-order valence-corrected chi connectivity index (χ0v) is 18.3. The Labute approximate surface area is 179 Å². The van der Waals surface area contributed by atoms with E-state index in [1.54, 1.807) is 12.1 Å². The maximum atomic E-state index is 12.9. The van der Waals surface area contributed by atoms with Gasteiger partial charge in [-0.15, -0.1) is 0 Å². The molecule has 1 N–H and O–H groups in total. The van der Waals surface area contributed by atoms with Crippen LogP contribution in [-0.2, 0) is 9.59 Å². The van der Waals surface area contributed by atoms with Crippen molar-refractivity contribution in [3.8, 4) is 5.75 Å². The highest BCUT2D eigenvalue weighted by atomic mass is 79.9. The first-order chi connectivity index (χ1) is 13.9. The molecule has 29 heavy (non-hydrogen) atoms. The van der Waals surface area contributed by atoms with E-state index >= 15 is 0 Å². The van der Waals surface area contributed by atoms with Crippen molar-refractivity contribution in [2.75, 3.05) is 13.2 Å². The standard InChI is InChI=1S/C23H24BrNO4/c1-4-11-25-20(15-7-6-8-17(13-15)29-5-2)19(22(27)23(25)28)21(26)16-9-10-18(24)14(3)12-16/h6-10,12-13,20,26H,4-5,11H2,1-3H3/b21-19-. The fourth-order valence-corrected chi connectivity index (χ4v) is 3.83. The number of nitrogens with zero attached hydrogens (tertiary/aromatic N) is 1. The first-order valence-corrected chi connectivity index (χ1v) is 10.5. The average Bonchev–Trinajstić information content (AvgIpc) is 2.95. The SMILES string of the molecule is CCCN1C(=O)C(=O)/C(=C(\O)c2ccc(Br)c(C)c2)C1c1cccc(OCC)c1. The van der Waals surface area contributed by atoms with Crippen LogP contribution in [0.5, 0.6) is 5.75 Å². The lowest BCUT2D eigenvalue weighted by Crippen LogP contribution is -2.30. The predicted octanol–water partition coefficient (Wildman–Crippen LogP) is 4.99. The second-order valence-corrected chi connectivity index (χ2v) is 7.82. The smallest absolute Gasteiger partial charge is 0.295 e. The maximum Gasteiger partial charge on any atom is 0.295 e. The fraction of sp³-hybridized carbons (Fsp3) is 0.304. The summed E-state index contributed by atoms with van der Waals surface area (Å²) in [5.41, 5.74) is 2.27. The Bertz CT molecular complexity index is 983. The van der Waals surface area contributed by atoms with Gasteiger partial charge in [0.15, 0.2) is 0 Å². The van der Waals surface area contributed by atoms with Crippen molar-refractivity contribution in [1.82, 2.24) is 4.90 Å². The van der Waals surface area contributed by atoms with Gasteiger partial charge in [-0.25, -0.2) is 0 Å². The van der Waals surface area contributed by atoms with Gasteiger partial charge >= 0.3 is 0 Å². The summed E-state index contributed by atoms with van der Waals surface area (Å²) in [7, 11) is 0. The van der Waals surface area contributed by atoms with Crippen LogP contribution in [0.25, 0.3) is 5.76 Å². The van der Waals surface area contributed by atoms with Crippen molar-refractivity contribution in [3.63, 3.8) is 0 Å². The van der Waals surface area contributed by atoms with Gasteiger partial charge in [0.1, 0.15) is 11.5 Å². The van der Waals surface area contributed by atoms with Gasteiger partial charge in [-0.05, 0) is 55.7 Å². The third kappa shape index (κ3) is 4.08. The number of halogens is 1. The molecule has 5 nitrogen and oxygen atoms in total. The van der Waals surface area contributed by atoms with E-state index in [-0.39, 0.29) is 11.3 Å². The molecular weight excluding hydrogens is 434 g/mol. The van der Waals surface area contributed by atoms with Crippen molar-refractivity contribution < 1.29 is 19.4 Å². The van der Waals surface area contributed by atoms with E-state index in [1.807, 2.05) is 51.1 Å². The van der Waals surface area contributed by atoms with Gasteiger partial charge < -0.3 is 14.7 Å². The summed E-state index contributed by atoms with van der Waals surface area (Å²) >= 11 is 3.44. The topological polar surface area (TPSA) is 66.8 Å².